The van der Waals surface area contributed by atoms with Gasteiger partial charge in [0.05, 0.1) is 17.9 Å². The number of amides is 1. The zero-order chi connectivity index (χ0) is 18.5. The summed E-state index contributed by atoms with van der Waals surface area (Å²) in [6, 6.07) is 15.8. The number of para-hydroxylation sites is 1. The molecule has 2 aromatic carbocycles. The van der Waals surface area contributed by atoms with Gasteiger partial charge in [-0.3, -0.25) is 9.69 Å². The van der Waals surface area contributed by atoms with Gasteiger partial charge in [-0.2, -0.15) is 5.10 Å². The van der Waals surface area contributed by atoms with Gasteiger partial charge in [-0.05, 0) is 59.7 Å². The van der Waals surface area contributed by atoms with Gasteiger partial charge in [0.1, 0.15) is 12.7 Å². The number of likely N-dealkylation sites (N-methyl/N-ethyl adjacent to an activating group) is 1. The van der Waals surface area contributed by atoms with Crippen molar-refractivity contribution in [2.45, 2.75) is 13.0 Å². The lowest BCUT2D eigenvalue weighted by Gasteiger charge is -2.24. The zero-order valence-electron chi connectivity index (χ0n) is 14.6. The van der Waals surface area contributed by atoms with Crippen molar-refractivity contribution < 1.29 is 4.79 Å². The maximum absolute atomic E-state index is 12.3. The minimum atomic E-state index is -0.0505. The Balaban J connectivity index is 1.61. The monoisotopic (exact) mass is 413 g/mol. The molecular weight excluding hydrogens is 394 g/mol. The van der Waals surface area contributed by atoms with Gasteiger partial charge in [0.25, 0.3) is 0 Å². The normalized spacial score (nSPS) is 12.2. The number of benzene rings is 2. The van der Waals surface area contributed by atoms with E-state index in [-0.39, 0.29) is 11.9 Å². The molecule has 0 bridgehead atoms. The smallest absolute Gasteiger partial charge is 0.238 e. The average molecular weight is 414 g/mol. The number of nitrogens with one attached hydrogen (secondary N) is 1. The Morgan fingerprint density at radius 3 is 2.62 bits per heavy atom. The van der Waals surface area contributed by atoms with E-state index in [1.54, 1.807) is 11.0 Å². The van der Waals surface area contributed by atoms with E-state index in [4.69, 9.17) is 0 Å². The Labute approximate surface area is 161 Å². The third-order valence-corrected chi connectivity index (χ3v) is 4.95. The lowest BCUT2D eigenvalue weighted by Crippen LogP contribution is -2.32. The van der Waals surface area contributed by atoms with Crippen molar-refractivity contribution in [3.63, 3.8) is 0 Å². The maximum Gasteiger partial charge on any atom is 0.238 e. The predicted octanol–water partition coefficient (Wildman–Crippen LogP) is 3.66. The summed E-state index contributed by atoms with van der Waals surface area (Å²) in [5.41, 5.74) is 2.86. The largest absolute Gasteiger partial charge is 0.324 e. The first-order valence-electron chi connectivity index (χ1n) is 8.24. The van der Waals surface area contributed by atoms with Crippen LogP contribution in [0.2, 0.25) is 0 Å². The Kier molecular flexibility index (Phi) is 5.80. The summed E-state index contributed by atoms with van der Waals surface area (Å²) >= 11 is 3.44. The van der Waals surface area contributed by atoms with E-state index in [0.29, 0.717) is 6.54 Å². The lowest BCUT2D eigenvalue weighted by atomic mass is 10.1. The van der Waals surface area contributed by atoms with E-state index < -0.39 is 0 Å². The van der Waals surface area contributed by atoms with Gasteiger partial charge in [-0.1, -0.05) is 24.3 Å². The second-order valence-corrected chi connectivity index (χ2v) is 6.91. The second kappa shape index (κ2) is 8.25. The molecule has 7 heteroatoms. The quantitative estimate of drug-likeness (QED) is 0.669. The number of carbonyl (C=O) groups is 1. The summed E-state index contributed by atoms with van der Waals surface area (Å²) in [5.74, 6) is -0.0505. The molecule has 0 fully saturated rings. The summed E-state index contributed by atoms with van der Waals surface area (Å²) in [7, 11) is 1.94. The predicted molar refractivity (Wildman–Crippen MR) is 105 cm³/mol. The van der Waals surface area contributed by atoms with Gasteiger partial charge in [-0.25, -0.2) is 9.67 Å². The van der Waals surface area contributed by atoms with Crippen LogP contribution in [0.15, 0.2) is 65.7 Å². The van der Waals surface area contributed by atoms with Gasteiger partial charge in [0.2, 0.25) is 5.91 Å². The van der Waals surface area contributed by atoms with Crippen LogP contribution < -0.4 is 5.32 Å². The first kappa shape index (κ1) is 18.3. The van der Waals surface area contributed by atoms with E-state index in [1.807, 2.05) is 60.5 Å². The van der Waals surface area contributed by atoms with Crippen LogP contribution in [-0.2, 0) is 4.79 Å². The molecule has 0 aliphatic heterocycles. The van der Waals surface area contributed by atoms with E-state index in [2.05, 4.69) is 38.3 Å². The third-order valence-electron chi connectivity index (χ3n) is 4.26. The molecule has 0 spiro atoms. The SMILES string of the molecule is C[C@@H](c1ccc(-n2cncn2)cc1)N(C)CC(=O)Nc1ccccc1Br. The number of halogens is 1. The van der Waals surface area contributed by atoms with Crippen molar-refractivity contribution in [3.8, 4) is 5.69 Å². The van der Waals surface area contributed by atoms with Crippen LogP contribution >= 0.6 is 15.9 Å². The van der Waals surface area contributed by atoms with Crippen molar-refractivity contribution >= 4 is 27.5 Å². The van der Waals surface area contributed by atoms with Crippen LogP contribution in [-0.4, -0.2) is 39.2 Å². The first-order valence-corrected chi connectivity index (χ1v) is 9.03. The molecule has 0 aliphatic rings. The summed E-state index contributed by atoms with van der Waals surface area (Å²) in [4.78, 5) is 18.3. The van der Waals surface area contributed by atoms with Gasteiger partial charge >= 0.3 is 0 Å². The van der Waals surface area contributed by atoms with Gasteiger partial charge < -0.3 is 5.32 Å². The number of hydrogen-bond donors (Lipinski definition) is 1. The summed E-state index contributed by atoms with van der Waals surface area (Å²) in [5, 5.41) is 7.05. The van der Waals surface area contributed by atoms with Crippen molar-refractivity contribution in [2.75, 3.05) is 18.9 Å². The summed E-state index contributed by atoms with van der Waals surface area (Å²) in [6.45, 7) is 2.38. The minimum Gasteiger partial charge on any atom is -0.324 e. The molecule has 0 saturated heterocycles. The summed E-state index contributed by atoms with van der Waals surface area (Å²) in [6.07, 6.45) is 3.17. The van der Waals surface area contributed by atoms with Crippen LogP contribution in [0.25, 0.3) is 5.69 Å². The Morgan fingerprint density at radius 1 is 1.23 bits per heavy atom. The minimum absolute atomic E-state index is 0.0505. The van der Waals surface area contributed by atoms with Crippen LogP contribution in [0.4, 0.5) is 5.69 Å². The highest BCUT2D eigenvalue weighted by Crippen LogP contribution is 2.22. The number of anilines is 1. The second-order valence-electron chi connectivity index (χ2n) is 6.05. The van der Waals surface area contributed by atoms with E-state index in [0.717, 1.165) is 21.4 Å². The Bertz CT molecular complexity index is 864. The van der Waals surface area contributed by atoms with Crippen molar-refractivity contribution in [1.82, 2.24) is 19.7 Å². The molecule has 0 unspecified atom stereocenters. The Hall–Kier alpha value is -2.51. The van der Waals surface area contributed by atoms with Crippen LogP contribution in [0.5, 0.6) is 0 Å². The zero-order valence-corrected chi connectivity index (χ0v) is 16.2. The molecule has 0 saturated carbocycles. The van der Waals surface area contributed by atoms with Gasteiger partial charge in [0.15, 0.2) is 0 Å². The molecule has 1 amide bonds. The van der Waals surface area contributed by atoms with Crippen molar-refractivity contribution in [2.24, 2.45) is 0 Å². The molecular formula is C19H20BrN5O. The molecule has 0 radical (unpaired) electrons. The molecule has 1 atom stereocenters. The molecule has 0 aliphatic carbocycles. The highest BCUT2D eigenvalue weighted by molar-refractivity contribution is 9.10. The van der Waals surface area contributed by atoms with Crippen molar-refractivity contribution in [1.29, 1.82) is 0 Å². The van der Waals surface area contributed by atoms with Crippen LogP contribution in [0, 0.1) is 0 Å². The molecule has 1 N–H and O–H groups in total. The fourth-order valence-corrected chi connectivity index (χ4v) is 3.00. The molecule has 6 nitrogen and oxygen atoms in total. The van der Waals surface area contributed by atoms with Crippen molar-refractivity contribution in [3.05, 3.63) is 71.2 Å². The number of nitrogens with zero attached hydrogens (tertiary/aromatic N) is 4. The molecule has 3 rings (SSSR count). The van der Waals surface area contributed by atoms with Crippen LogP contribution in [0.1, 0.15) is 18.5 Å². The van der Waals surface area contributed by atoms with Gasteiger partial charge in [0, 0.05) is 10.5 Å². The van der Waals surface area contributed by atoms with Gasteiger partial charge in [-0.15, -0.1) is 0 Å². The lowest BCUT2D eigenvalue weighted by molar-refractivity contribution is -0.117. The van der Waals surface area contributed by atoms with E-state index in [9.17, 15) is 4.79 Å². The number of hydrogen-bond acceptors (Lipinski definition) is 4. The summed E-state index contributed by atoms with van der Waals surface area (Å²) < 4.78 is 2.58. The highest BCUT2D eigenvalue weighted by Gasteiger charge is 2.15. The fourth-order valence-electron chi connectivity index (χ4n) is 2.62. The number of aromatic nitrogens is 3. The van der Waals surface area contributed by atoms with Crippen LogP contribution in [0.3, 0.4) is 0 Å². The first-order chi connectivity index (χ1) is 12.5. The van der Waals surface area contributed by atoms with E-state index >= 15 is 0 Å². The number of rotatable bonds is 6. The van der Waals surface area contributed by atoms with E-state index in [1.165, 1.54) is 6.33 Å². The molecule has 26 heavy (non-hydrogen) atoms. The Morgan fingerprint density at radius 2 is 1.96 bits per heavy atom. The third kappa shape index (κ3) is 4.36. The topological polar surface area (TPSA) is 63.1 Å². The fraction of sp³-hybridized carbons (Fsp3) is 0.211. The molecule has 1 heterocycles. The average Bonchev–Trinajstić information content (AvgIpc) is 3.18. The molecule has 134 valence electrons. The number of carbonyl (C=O) groups excluding carboxylic acids is 1. The highest BCUT2D eigenvalue weighted by atomic mass is 79.9. The maximum atomic E-state index is 12.3. The molecule has 1 aromatic heterocycles. The standard InChI is InChI=1S/C19H20BrN5O/c1-14(15-7-9-16(10-8-15)25-13-21-12-22-25)24(2)11-19(26)23-18-6-4-3-5-17(18)20/h3-10,12-14H,11H2,1-2H3,(H,23,26)/t14-/m0/s1. The molecule has 3 aromatic rings.